The molecule has 3 N–H and O–H groups in total. The van der Waals surface area contributed by atoms with Crippen molar-refractivity contribution < 1.29 is 4.74 Å². The first-order valence-corrected chi connectivity index (χ1v) is 5.62. The molecule has 0 aliphatic heterocycles. The molecule has 2 rings (SSSR count). The van der Waals surface area contributed by atoms with Gasteiger partial charge in [0.15, 0.2) is 0 Å². The van der Waals surface area contributed by atoms with E-state index in [1.165, 1.54) is 0 Å². The van der Waals surface area contributed by atoms with Crippen LogP contribution in [0.4, 0.5) is 5.69 Å². The summed E-state index contributed by atoms with van der Waals surface area (Å²) >= 11 is 0. The normalized spacial score (nSPS) is 12.6. The Bertz CT molecular complexity index is 659. The van der Waals surface area contributed by atoms with Crippen LogP contribution in [0.25, 0.3) is 10.8 Å². The van der Waals surface area contributed by atoms with E-state index in [0.717, 1.165) is 0 Å². The molecule has 0 aliphatic rings. The SMILES string of the molecule is COCC(C)Nc1cccc2c(=O)[nH][nH]c(=O)c12. The third-order valence-corrected chi connectivity index (χ3v) is 2.64. The van der Waals surface area contributed by atoms with Gasteiger partial charge in [-0.3, -0.25) is 19.8 Å². The molecule has 2 aromatic rings. The number of H-pyrrole nitrogens is 2. The van der Waals surface area contributed by atoms with Crippen LogP contribution in [0.1, 0.15) is 6.92 Å². The van der Waals surface area contributed by atoms with Gasteiger partial charge in [-0.15, -0.1) is 0 Å². The molecule has 0 amide bonds. The molecule has 18 heavy (non-hydrogen) atoms. The number of hydrogen-bond acceptors (Lipinski definition) is 4. The van der Waals surface area contributed by atoms with E-state index in [-0.39, 0.29) is 17.2 Å². The van der Waals surface area contributed by atoms with E-state index >= 15 is 0 Å². The lowest BCUT2D eigenvalue weighted by Gasteiger charge is -2.15. The van der Waals surface area contributed by atoms with E-state index in [4.69, 9.17) is 4.74 Å². The van der Waals surface area contributed by atoms with Crippen LogP contribution in [0.3, 0.4) is 0 Å². The second kappa shape index (κ2) is 5.05. The number of methoxy groups -OCH3 is 1. The molecule has 6 heteroatoms. The number of ether oxygens (including phenoxy) is 1. The Morgan fingerprint density at radius 3 is 2.72 bits per heavy atom. The summed E-state index contributed by atoms with van der Waals surface area (Å²) in [6.07, 6.45) is 0. The number of benzene rings is 1. The maximum Gasteiger partial charge on any atom is 0.272 e. The molecule has 1 unspecified atom stereocenters. The maximum absolute atomic E-state index is 11.8. The summed E-state index contributed by atoms with van der Waals surface area (Å²) in [6.45, 7) is 2.45. The Hall–Kier alpha value is -2.08. The summed E-state index contributed by atoms with van der Waals surface area (Å²) in [5.74, 6) is 0. The maximum atomic E-state index is 11.8. The number of rotatable bonds is 4. The molecule has 0 radical (unpaired) electrons. The van der Waals surface area contributed by atoms with E-state index < -0.39 is 0 Å². The van der Waals surface area contributed by atoms with E-state index in [1.54, 1.807) is 25.3 Å². The number of fused-ring (bicyclic) bond motifs is 1. The first kappa shape index (κ1) is 12.4. The Labute approximate surface area is 103 Å². The van der Waals surface area contributed by atoms with Crippen LogP contribution in [-0.2, 0) is 4.74 Å². The van der Waals surface area contributed by atoms with Crippen LogP contribution in [0, 0.1) is 0 Å². The molecule has 0 fully saturated rings. The average molecular weight is 249 g/mol. The topological polar surface area (TPSA) is 87.0 Å². The van der Waals surface area contributed by atoms with Crippen molar-refractivity contribution in [2.24, 2.45) is 0 Å². The van der Waals surface area contributed by atoms with Crippen LogP contribution in [0.2, 0.25) is 0 Å². The zero-order chi connectivity index (χ0) is 13.1. The van der Waals surface area contributed by atoms with Gasteiger partial charge in [0.05, 0.1) is 17.4 Å². The van der Waals surface area contributed by atoms with Crippen molar-refractivity contribution in [3.8, 4) is 0 Å². The van der Waals surface area contributed by atoms with Crippen molar-refractivity contribution in [3.63, 3.8) is 0 Å². The molecule has 1 aromatic heterocycles. The molecule has 1 heterocycles. The predicted molar refractivity (Wildman–Crippen MR) is 70.2 cm³/mol. The average Bonchev–Trinajstić information content (AvgIpc) is 2.34. The van der Waals surface area contributed by atoms with Crippen molar-refractivity contribution in [2.45, 2.75) is 13.0 Å². The van der Waals surface area contributed by atoms with Crippen molar-refractivity contribution >= 4 is 16.5 Å². The summed E-state index contributed by atoms with van der Waals surface area (Å²) in [5.41, 5.74) is -0.00522. The lowest BCUT2D eigenvalue weighted by Crippen LogP contribution is -2.24. The molecule has 0 bridgehead atoms. The molecule has 96 valence electrons. The molecular weight excluding hydrogens is 234 g/mol. The highest BCUT2D eigenvalue weighted by Gasteiger charge is 2.09. The molecule has 1 atom stereocenters. The van der Waals surface area contributed by atoms with Gasteiger partial charge >= 0.3 is 0 Å². The standard InChI is InChI=1S/C12H15N3O3/c1-7(6-18-2)13-9-5-3-4-8-10(9)12(17)15-14-11(8)16/h3-5,7,13H,6H2,1-2H3,(H,14,16)(H,15,17). The number of aromatic amines is 2. The van der Waals surface area contributed by atoms with E-state index in [0.29, 0.717) is 23.1 Å². The third kappa shape index (κ3) is 2.28. The molecule has 0 saturated heterocycles. The minimum absolute atomic E-state index is 0.0410. The van der Waals surface area contributed by atoms with Gasteiger partial charge in [0.25, 0.3) is 11.1 Å². The Balaban J connectivity index is 2.55. The molecule has 0 aliphatic carbocycles. The summed E-state index contributed by atoms with van der Waals surface area (Å²) in [7, 11) is 1.61. The van der Waals surface area contributed by atoms with Crippen LogP contribution in [-0.4, -0.2) is 30.0 Å². The van der Waals surface area contributed by atoms with Gasteiger partial charge in [-0.25, -0.2) is 0 Å². The molecule has 6 nitrogen and oxygen atoms in total. The van der Waals surface area contributed by atoms with Gasteiger partial charge < -0.3 is 10.1 Å². The van der Waals surface area contributed by atoms with E-state index in [1.807, 2.05) is 6.92 Å². The number of nitrogens with one attached hydrogen (secondary N) is 3. The van der Waals surface area contributed by atoms with Gasteiger partial charge in [-0.05, 0) is 19.1 Å². The van der Waals surface area contributed by atoms with Crippen molar-refractivity contribution in [2.75, 3.05) is 19.0 Å². The van der Waals surface area contributed by atoms with Gasteiger partial charge in [0.1, 0.15) is 0 Å². The monoisotopic (exact) mass is 249 g/mol. The first-order chi connectivity index (χ1) is 8.63. The lowest BCUT2D eigenvalue weighted by molar-refractivity contribution is 0.190. The highest BCUT2D eigenvalue weighted by Crippen LogP contribution is 2.17. The quantitative estimate of drug-likeness (QED) is 0.743. The van der Waals surface area contributed by atoms with Crippen molar-refractivity contribution in [3.05, 3.63) is 38.9 Å². The zero-order valence-electron chi connectivity index (χ0n) is 10.2. The van der Waals surface area contributed by atoms with Crippen molar-refractivity contribution in [1.82, 2.24) is 10.2 Å². The minimum Gasteiger partial charge on any atom is -0.383 e. The summed E-state index contributed by atoms with van der Waals surface area (Å²) in [6, 6.07) is 5.16. The van der Waals surface area contributed by atoms with Gasteiger partial charge in [0.2, 0.25) is 0 Å². The summed E-state index contributed by atoms with van der Waals surface area (Å²) < 4.78 is 5.03. The minimum atomic E-state index is -0.322. The summed E-state index contributed by atoms with van der Waals surface area (Å²) in [5, 5.41) is 8.52. The smallest absolute Gasteiger partial charge is 0.272 e. The molecule has 0 saturated carbocycles. The number of aromatic nitrogens is 2. The van der Waals surface area contributed by atoms with Crippen LogP contribution in [0.5, 0.6) is 0 Å². The number of hydrogen-bond donors (Lipinski definition) is 3. The van der Waals surface area contributed by atoms with Crippen LogP contribution < -0.4 is 16.4 Å². The highest BCUT2D eigenvalue weighted by atomic mass is 16.5. The first-order valence-electron chi connectivity index (χ1n) is 5.62. The molecular formula is C12H15N3O3. The van der Waals surface area contributed by atoms with Gasteiger partial charge in [0, 0.05) is 18.8 Å². The third-order valence-electron chi connectivity index (χ3n) is 2.64. The summed E-state index contributed by atoms with van der Waals surface area (Å²) in [4.78, 5) is 23.4. The van der Waals surface area contributed by atoms with E-state index in [2.05, 4.69) is 15.5 Å². The second-order valence-electron chi connectivity index (χ2n) is 4.14. The van der Waals surface area contributed by atoms with Crippen LogP contribution in [0.15, 0.2) is 27.8 Å². The van der Waals surface area contributed by atoms with Gasteiger partial charge in [-0.1, -0.05) is 6.07 Å². The zero-order valence-corrected chi connectivity index (χ0v) is 10.2. The van der Waals surface area contributed by atoms with Gasteiger partial charge in [-0.2, -0.15) is 0 Å². The van der Waals surface area contributed by atoms with Crippen molar-refractivity contribution in [1.29, 1.82) is 0 Å². The van der Waals surface area contributed by atoms with E-state index in [9.17, 15) is 9.59 Å². The fourth-order valence-electron chi connectivity index (χ4n) is 1.91. The Kier molecular flexibility index (Phi) is 3.47. The number of anilines is 1. The highest BCUT2D eigenvalue weighted by molar-refractivity contribution is 5.92. The molecule has 1 aromatic carbocycles. The predicted octanol–water partition coefficient (Wildman–Crippen LogP) is 0.663. The fraction of sp³-hybridized carbons (Fsp3) is 0.333. The lowest BCUT2D eigenvalue weighted by atomic mass is 10.1. The largest absolute Gasteiger partial charge is 0.383 e. The van der Waals surface area contributed by atoms with Crippen LogP contribution >= 0.6 is 0 Å². The Morgan fingerprint density at radius 2 is 2.00 bits per heavy atom. The second-order valence-corrected chi connectivity index (χ2v) is 4.14. The molecule has 0 spiro atoms. The fourth-order valence-corrected chi connectivity index (χ4v) is 1.91. The Morgan fingerprint density at radius 1 is 1.28 bits per heavy atom.